The van der Waals surface area contributed by atoms with E-state index in [4.69, 9.17) is 5.11 Å². The summed E-state index contributed by atoms with van der Waals surface area (Å²) in [5, 5.41) is 11.1. The molecule has 0 saturated carbocycles. The van der Waals surface area contributed by atoms with E-state index in [1.807, 2.05) is 0 Å². The zero-order valence-corrected chi connectivity index (χ0v) is 7.62. The van der Waals surface area contributed by atoms with Crippen LogP contribution in [0.2, 0.25) is 0 Å². The van der Waals surface area contributed by atoms with Crippen molar-refractivity contribution < 1.29 is 14.7 Å². The van der Waals surface area contributed by atoms with E-state index in [0.717, 1.165) is 6.42 Å². The Morgan fingerprint density at radius 3 is 3.00 bits per heavy atom. The highest BCUT2D eigenvalue weighted by Gasteiger charge is 2.23. The van der Waals surface area contributed by atoms with Gasteiger partial charge in [0.2, 0.25) is 11.8 Å². The predicted molar refractivity (Wildman–Crippen MR) is 45.9 cm³/mol. The molecule has 0 aromatic rings. The molecule has 0 radical (unpaired) electrons. The van der Waals surface area contributed by atoms with Crippen LogP contribution < -0.4 is 5.32 Å². The number of likely N-dealkylation sites (tertiary alicyclic amines) is 1. The van der Waals surface area contributed by atoms with Crippen molar-refractivity contribution in [3.63, 3.8) is 0 Å². The maximum Gasteiger partial charge on any atom is 0.245 e. The minimum atomic E-state index is -0.513. The molecule has 1 unspecified atom stereocenters. The average Bonchev–Trinajstić information content (AvgIpc) is 2.11. The molecule has 1 atom stereocenters. The highest BCUT2D eigenvalue weighted by atomic mass is 16.3. The van der Waals surface area contributed by atoms with Crippen molar-refractivity contribution in [1.29, 1.82) is 0 Å². The fraction of sp³-hybridized carbons (Fsp3) is 0.750. The second-order valence-corrected chi connectivity index (χ2v) is 3.23. The number of piperidine rings is 1. The number of aliphatic hydroxyl groups excluding tert-OH is 1. The van der Waals surface area contributed by atoms with E-state index in [1.54, 1.807) is 11.9 Å². The topological polar surface area (TPSA) is 69.6 Å². The Hall–Kier alpha value is -1.10. The monoisotopic (exact) mass is 186 g/mol. The van der Waals surface area contributed by atoms with Crippen LogP contribution in [0.1, 0.15) is 12.8 Å². The van der Waals surface area contributed by atoms with E-state index < -0.39 is 12.5 Å². The van der Waals surface area contributed by atoms with E-state index >= 15 is 0 Å². The zero-order chi connectivity index (χ0) is 9.84. The van der Waals surface area contributed by atoms with Crippen LogP contribution in [0.25, 0.3) is 0 Å². The molecule has 1 aliphatic heterocycles. The van der Waals surface area contributed by atoms with Crippen molar-refractivity contribution in [2.45, 2.75) is 18.9 Å². The van der Waals surface area contributed by atoms with Gasteiger partial charge < -0.3 is 15.3 Å². The highest BCUT2D eigenvalue weighted by molar-refractivity contribution is 5.80. The number of aliphatic hydroxyl groups is 1. The molecule has 0 aromatic carbocycles. The maximum atomic E-state index is 11.2. The molecule has 1 fully saturated rings. The van der Waals surface area contributed by atoms with Crippen molar-refractivity contribution in [2.75, 3.05) is 20.2 Å². The molecule has 1 aliphatic rings. The molecule has 0 spiro atoms. The molecule has 5 nitrogen and oxygen atoms in total. The lowest BCUT2D eigenvalue weighted by molar-refractivity contribution is -0.133. The Labute approximate surface area is 76.7 Å². The first-order valence-corrected chi connectivity index (χ1v) is 4.27. The van der Waals surface area contributed by atoms with Crippen molar-refractivity contribution in [3.05, 3.63) is 0 Å². The van der Waals surface area contributed by atoms with E-state index in [-0.39, 0.29) is 11.9 Å². The Morgan fingerprint density at radius 1 is 1.77 bits per heavy atom. The minimum absolute atomic E-state index is 0.0366. The van der Waals surface area contributed by atoms with Crippen LogP contribution >= 0.6 is 0 Å². The number of carbonyl (C=O) groups is 2. The summed E-state index contributed by atoms with van der Waals surface area (Å²) in [4.78, 5) is 23.6. The third kappa shape index (κ3) is 2.69. The van der Waals surface area contributed by atoms with Gasteiger partial charge in [0, 0.05) is 26.1 Å². The molecule has 1 saturated heterocycles. The third-order valence-electron chi connectivity index (χ3n) is 2.17. The highest BCUT2D eigenvalue weighted by Crippen LogP contribution is 2.09. The average molecular weight is 186 g/mol. The summed E-state index contributed by atoms with van der Waals surface area (Å²) in [6.45, 7) is 0.149. The molecule has 0 aliphatic carbocycles. The molecule has 1 heterocycles. The van der Waals surface area contributed by atoms with Crippen LogP contribution in [0.3, 0.4) is 0 Å². The van der Waals surface area contributed by atoms with Gasteiger partial charge in [0.05, 0.1) is 0 Å². The van der Waals surface area contributed by atoms with E-state index in [9.17, 15) is 9.59 Å². The number of nitrogens with one attached hydrogen (secondary N) is 1. The second-order valence-electron chi connectivity index (χ2n) is 3.23. The number of rotatable bonds is 2. The van der Waals surface area contributed by atoms with Crippen LogP contribution in [0, 0.1) is 0 Å². The fourth-order valence-electron chi connectivity index (χ4n) is 1.34. The van der Waals surface area contributed by atoms with E-state index in [1.165, 1.54) is 0 Å². The summed E-state index contributed by atoms with van der Waals surface area (Å²) in [6.07, 6.45) is 1.09. The van der Waals surface area contributed by atoms with Crippen LogP contribution in [-0.2, 0) is 9.59 Å². The lowest BCUT2D eigenvalue weighted by Crippen LogP contribution is -2.46. The van der Waals surface area contributed by atoms with Crippen molar-refractivity contribution in [3.8, 4) is 0 Å². The normalized spacial score (nSPS) is 23.1. The van der Waals surface area contributed by atoms with Gasteiger partial charge in [-0.2, -0.15) is 0 Å². The van der Waals surface area contributed by atoms with Gasteiger partial charge in [-0.15, -0.1) is 0 Å². The Bertz CT molecular complexity index is 215. The number of hydrogen-bond acceptors (Lipinski definition) is 3. The van der Waals surface area contributed by atoms with Gasteiger partial charge in [-0.3, -0.25) is 9.59 Å². The summed E-state index contributed by atoms with van der Waals surface area (Å²) in [7, 11) is 1.74. The summed E-state index contributed by atoms with van der Waals surface area (Å²) < 4.78 is 0. The van der Waals surface area contributed by atoms with Crippen molar-refractivity contribution in [2.24, 2.45) is 0 Å². The Morgan fingerprint density at radius 2 is 2.46 bits per heavy atom. The molecular formula is C8H14N2O3. The largest absolute Gasteiger partial charge is 0.387 e. The van der Waals surface area contributed by atoms with Crippen LogP contribution in [-0.4, -0.2) is 48.1 Å². The van der Waals surface area contributed by atoms with Crippen LogP contribution in [0.15, 0.2) is 0 Å². The molecule has 0 aromatic heterocycles. The van der Waals surface area contributed by atoms with Gasteiger partial charge in [-0.1, -0.05) is 0 Å². The lowest BCUT2D eigenvalue weighted by atomic mass is 10.1. The maximum absolute atomic E-state index is 11.2. The fourth-order valence-corrected chi connectivity index (χ4v) is 1.34. The molecule has 13 heavy (non-hydrogen) atoms. The van der Waals surface area contributed by atoms with Crippen LogP contribution in [0.5, 0.6) is 0 Å². The number of amides is 2. The van der Waals surface area contributed by atoms with Crippen molar-refractivity contribution in [1.82, 2.24) is 10.2 Å². The number of carbonyl (C=O) groups excluding carboxylic acids is 2. The quantitative estimate of drug-likeness (QED) is 0.564. The summed E-state index contributed by atoms with van der Waals surface area (Å²) in [5.74, 6) is -0.378. The zero-order valence-electron chi connectivity index (χ0n) is 7.62. The molecule has 74 valence electrons. The SMILES string of the molecule is CN1CCC(NC(=O)CO)CC1=O. The summed E-state index contributed by atoms with van der Waals surface area (Å²) >= 11 is 0. The molecule has 5 heteroatoms. The van der Waals surface area contributed by atoms with Gasteiger partial charge in [0.1, 0.15) is 6.61 Å². The number of hydrogen-bond donors (Lipinski definition) is 2. The van der Waals surface area contributed by atoms with Crippen LogP contribution in [0.4, 0.5) is 0 Å². The Balaban J connectivity index is 2.37. The smallest absolute Gasteiger partial charge is 0.245 e. The predicted octanol–water partition coefficient (Wildman–Crippen LogP) is -1.28. The van der Waals surface area contributed by atoms with Crippen molar-refractivity contribution >= 4 is 11.8 Å². The van der Waals surface area contributed by atoms with Gasteiger partial charge in [-0.25, -0.2) is 0 Å². The molecular weight excluding hydrogens is 172 g/mol. The Kier molecular flexibility index (Phi) is 3.25. The molecule has 2 N–H and O–H groups in total. The standard InChI is InChI=1S/C8H14N2O3/c1-10-3-2-6(4-8(10)13)9-7(12)5-11/h6,11H,2-5H2,1H3,(H,9,12). The summed E-state index contributed by atoms with van der Waals surface area (Å²) in [6, 6.07) is -0.108. The van der Waals surface area contributed by atoms with Gasteiger partial charge in [-0.05, 0) is 6.42 Å². The first-order chi connectivity index (χ1) is 6.13. The first kappa shape index (κ1) is 9.98. The molecule has 0 bridgehead atoms. The lowest BCUT2D eigenvalue weighted by Gasteiger charge is -2.28. The minimum Gasteiger partial charge on any atom is -0.387 e. The first-order valence-electron chi connectivity index (χ1n) is 4.27. The van der Waals surface area contributed by atoms with Gasteiger partial charge in [0.15, 0.2) is 0 Å². The van der Waals surface area contributed by atoms with Gasteiger partial charge >= 0.3 is 0 Å². The number of nitrogens with zero attached hydrogens (tertiary/aromatic N) is 1. The van der Waals surface area contributed by atoms with Gasteiger partial charge in [0.25, 0.3) is 0 Å². The molecule has 1 rings (SSSR count). The second kappa shape index (κ2) is 4.23. The summed E-state index contributed by atoms with van der Waals surface area (Å²) in [5.41, 5.74) is 0. The van der Waals surface area contributed by atoms with E-state index in [2.05, 4.69) is 5.32 Å². The molecule has 2 amide bonds. The third-order valence-corrected chi connectivity index (χ3v) is 2.17. The van der Waals surface area contributed by atoms with E-state index in [0.29, 0.717) is 13.0 Å².